The monoisotopic (exact) mass is 307 g/mol. The number of nitrogens with one attached hydrogen (secondary N) is 1. The Morgan fingerprint density at radius 2 is 2.14 bits per heavy atom. The van der Waals surface area contributed by atoms with Crippen LogP contribution in [0.15, 0.2) is 18.2 Å². The van der Waals surface area contributed by atoms with Gasteiger partial charge in [0.1, 0.15) is 5.75 Å². The summed E-state index contributed by atoms with van der Waals surface area (Å²) in [6, 6.07) is 4.14. The molecule has 0 spiro atoms. The van der Waals surface area contributed by atoms with E-state index in [9.17, 15) is 14.9 Å². The summed E-state index contributed by atoms with van der Waals surface area (Å²) in [4.78, 5) is 25.1. The Balaban J connectivity index is 2.08. The molecule has 7 nitrogen and oxygen atoms in total. The van der Waals surface area contributed by atoms with E-state index in [0.717, 1.165) is 32.5 Å². The highest BCUT2D eigenvalue weighted by Crippen LogP contribution is 2.24. The smallest absolute Gasteiger partial charge is 0.270 e. The molecule has 0 aliphatic carbocycles. The van der Waals surface area contributed by atoms with E-state index in [1.807, 2.05) is 0 Å². The van der Waals surface area contributed by atoms with Gasteiger partial charge in [0.2, 0.25) is 0 Å². The Bertz CT molecular complexity index is 554. The second-order valence-electron chi connectivity index (χ2n) is 5.32. The van der Waals surface area contributed by atoms with Crippen LogP contribution in [0.5, 0.6) is 5.75 Å². The molecule has 1 aliphatic heterocycles. The zero-order valence-corrected chi connectivity index (χ0v) is 12.9. The molecule has 7 heteroatoms. The predicted octanol–water partition coefficient (Wildman–Crippen LogP) is 1.82. The van der Waals surface area contributed by atoms with Crippen LogP contribution in [0, 0.1) is 10.1 Å². The summed E-state index contributed by atoms with van der Waals surface area (Å²) < 4.78 is 5.13. The number of nitro groups is 1. The minimum Gasteiger partial charge on any atom is -0.496 e. The Labute approximate surface area is 129 Å². The fraction of sp³-hybridized carbons (Fsp3) is 0.533. The Kier molecular flexibility index (Phi) is 5.32. The maximum atomic E-state index is 12.4. The number of methoxy groups -OCH3 is 1. The van der Waals surface area contributed by atoms with Crippen LogP contribution in [-0.2, 0) is 0 Å². The molecule has 2 rings (SSSR count). The third kappa shape index (κ3) is 3.73. The standard InChI is InChI=1S/C15H21N3O4/c1-3-17-8-6-11(7-9-17)16-15(19)13-10-12(18(20)21)4-5-14(13)22-2/h4-5,10-11H,3,6-9H2,1-2H3,(H,16,19). The van der Waals surface area contributed by atoms with Crippen LogP contribution in [-0.4, -0.2) is 48.5 Å². The third-order valence-corrected chi connectivity index (χ3v) is 4.01. The third-order valence-electron chi connectivity index (χ3n) is 4.01. The molecule has 0 atom stereocenters. The molecule has 1 aromatic rings. The van der Waals surface area contributed by atoms with Gasteiger partial charge in [-0.1, -0.05) is 6.92 Å². The molecule has 1 amide bonds. The number of ether oxygens (including phenoxy) is 1. The summed E-state index contributed by atoms with van der Waals surface area (Å²) in [5, 5.41) is 13.8. The van der Waals surface area contributed by atoms with E-state index in [1.54, 1.807) is 0 Å². The van der Waals surface area contributed by atoms with Crippen molar-refractivity contribution >= 4 is 11.6 Å². The fourth-order valence-corrected chi connectivity index (χ4v) is 2.64. The largest absolute Gasteiger partial charge is 0.496 e. The SMILES string of the molecule is CCN1CCC(NC(=O)c2cc([N+](=O)[O-])ccc2OC)CC1. The number of rotatable bonds is 5. The van der Waals surface area contributed by atoms with Gasteiger partial charge in [0.05, 0.1) is 17.6 Å². The minimum absolute atomic E-state index is 0.0965. The van der Waals surface area contributed by atoms with Gasteiger partial charge in [-0.15, -0.1) is 0 Å². The van der Waals surface area contributed by atoms with Gasteiger partial charge in [0.25, 0.3) is 11.6 Å². The van der Waals surface area contributed by atoms with Gasteiger partial charge < -0.3 is 15.0 Å². The van der Waals surface area contributed by atoms with Gasteiger partial charge in [0, 0.05) is 31.3 Å². The molecule has 1 aromatic carbocycles. The van der Waals surface area contributed by atoms with Gasteiger partial charge >= 0.3 is 0 Å². The van der Waals surface area contributed by atoms with Crippen LogP contribution in [0.2, 0.25) is 0 Å². The van der Waals surface area contributed by atoms with Gasteiger partial charge in [-0.2, -0.15) is 0 Å². The van der Waals surface area contributed by atoms with Crippen molar-refractivity contribution in [1.29, 1.82) is 0 Å². The molecule has 0 aromatic heterocycles. The van der Waals surface area contributed by atoms with Crippen molar-refractivity contribution in [3.05, 3.63) is 33.9 Å². The number of nitro benzene ring substituents is 1. The number of amides is 1. The summed E-state index contributed by atoms with van der Waals surface area (Å²) in [6.45, 7) is 5.04. The lowest BCUT2D eigenvalue weighted by atomic mass is 10.0. The van der Waals surface area contributed by atoms with Crippen LogP contribution in [0.3, 0.4) is 0 Å². The Morgan fingerprint density at radius 3 is 2.68 bits per heavy atom. The molecule has 0 unspecified atom stereocenters. The van der Waals surface area contributed by atoms with Crippen LogP contribution >= 0.6 is 0 Å². The summed E-state index contributed by atoms with van der Waals surface area (Å²) >= 11 is 0. The lowest BCUT2D eigenvalue weighted by Crippen LogP contribution is -2.44. The van der Waals surface area contributed by atoms with Crippen molar-refractivity contribution in [3.8, 4) is 5.75 Å². The molecule has 0 bridgehead atoms. The first-order chi connectivity index (χ1) is 10.5. The number of likely N-dealkylation sites (tertiary alicyclic amines) is 1. The highest BCUT2D eigenvalue weighted by molar-refractivity contribution is 5.97. The molecule has 1 aliphatic rings. The van der Waals surface area contributed by atoms with E-state index >= 15 is 0 Å². The zero-order valence-electron chi connectivity index (χ0n) is 12.9. The second-order valence-corrected chi connectivity index (χ2v) is 5.32. The highest BCUT2D eigenvalue weighted by atomic mass is 16.6. The van der Waals surface area contributed by atoms with E-state index in [-0.39, 0.29) is 23.2 Å². The molecular weight excluding hydrogens is 286 g/mol. The number of hydrogen-bond acceptors (Lipinski definition) is 5. The second kappa shape index (κ2) is 7.22. The first-order valence-electron chi connectivity index (χ1n) is 7.40. The molecule has 1 heterocycles. The lowest BCUT2D eigenvalue weighted by Gasteiger charge is -2.31. The number of hydrogen-bond donors (Lipinski definition) is 1. The topological polar surface area (TPSA) is 84.7 Å². The summed E-state index contributed by atoms with van der Waals surface area (Å²) in [5.41, 5.74) is 0.0846. The van der Waals surface area contributed by atoms with E-state index in [1.165, 1.54) is 25.3 Å². The van der Waals surface area contributed by atoms with Crippen molar-refractivity contribution in [2.75, 3.05) is 26.7 Å². The normalized spacial score (nSPS) is 16.3. The van der Waals surface area contributed by atoms with Crippen LogP contribution in [0.25, 0.3) is 0 Å². The molecule has 0 saturated carbocycles. The average molecular weight is 307 g/mol. The van der Waals surface area contributed by atoms with E-state index < -0.39 is 4.92 Å². The molecule has 22 heavy (non-hydrogen) atoms. The van der Waals surface area contributed by atoms with Gasteiger partial charge in [-0.3, -0.25) is 14.9 Å². The van der Waals surface area contributed by atoms with Crippen LogP contribution in [0.1, 0.15) is 30.1 Å². The predicted molar refractivity (Wildman–Crippen MR) is 82.3 cm³/mol. The number of nitrogens with zero attached hydrogens (tertiary/aromatic N) is 2. The highest BCUT2D eigenvalue weighted by Gasteiger charge is 2.23. The van der Waals surface area contributed by atoms with Crippen LogP contribution in [0.4, 0.5) is 5.69 Å². The number of carbonyl (C=O) groups is 1. The number of non-ortho nitro benzene ring substituents is 1. The molecule has 120 valence electrons. The molecule has 0 radical (unpaired) electrons. The van der Waals surface area contributed by atoms with Crippen molar-refractivity contribution in [3.63, 3.8) is 0 Å². The Hall–Kier alpha value is -2.15. The van der Waals surface area contributed by atoms with Crippen molar-refractivity contribution in [2.24, 2.45) is 0 Å². The Morgan fingerprint density at radius 1 is 1.45 bits per heavy atom. The maximum absolute atomic E-state index is 12.4. The van der Waals surface area contributed by atoms with Crippen molar-refractivity contribution < 1.29 is 14.5 Å². The summed E-state index contributed by atoms with van der Waals surface area (Å²) in [6.07, 6.45) is 1.77. The zero-order chi connectivity index (χ0) is 16.1. The first kappa shape index (κ1) is 16.2. The quantitative estimate of drug-likeness (QED) is 0.662. The van der Waals surface area contributed by atoms with E-state index in [4.69, 9.17) is 4.74 Å². The van der Waals surface area contributed by atoms with Crippen LogP contribution < -0.4 is 10.1 Å². The fourth-order valence-electron chi connectivity index (χ4n) is 2.64. The van der Waals surface area contributed by atoms with Crippen molar-refractivity contribution in [2.45, 2.75) is 25.8 Å². The number of piperidine rings is 1. The average Bonchev–Trinajstić information content (AvgIpc) is 2.54. The van der Waals surface area contributed by atoms with Crippen molar-refractivity contribution in [1.82, 2.24) is 10.2 Å². The van der Waals surface area contributed by atoms with Gasteiger partial charge in [-0.25, -0.2) is 0 Å². The molecule has 1 N–H and O–H groups in total. The van der Waals surface area contributed by atoms with Gasteiger partial charge in [0.15, 0.2) is 0 Å². The number of benzene rings is 1. The van der Waals surface area contributed by atoms with Gasteiger partial charge in [-0.05, 0) is 25.5 Å². The molecular formula is C15H21N3O4. The number of carbonyl (C=O) groups excluding carboxylic acids is 1. The lowest BCUT2D eigenvalue weighted by molar-refractivity contribution is -0.384. The first-order valence-corrected chi connectivity index (χ1v) is 7.40. The van der Waals surface area contributed by atoms with E-state index in [0.29, 0.717) is 5.75 Å². The molecule has 1 fully saturated rings. The summed E-state index contributed by atoms with van der Waals surface area (Å²) in [5.74, 6) is 0.0181. The maximum Gasteiger partial charge on any atom is 0.270 e. The molecule has 1 saturated heterocycles. The minimum atomic E-state index is -0.518. The summed E-state index contributed by atoms with van der Waals surface area (Å²) in [7, 11) is 1.44. The van der Waals surface area contributed by atoms with E-state index in [2.05, 4.69) is 17.1 Å².